The number of hydrogen-bond acceptors (Lipinski definition) is 3. The largest absolute Gasteiger partial charge is 0.465 e. The van der Waals surface area contributed by atoms with Crippen LogP contribution in [0.1, 0.15) is 72.6 Å². The summed E-state index contributed by atoms with van der Waals surface area (Å²) in [7, 11) is 1.38. The van der Waals surface area contributed by atoms with Crippen molar-refractivity contribution in [1.29, 1.82) is 0 Å². The number of esters is 1. The summed E-state index contributed by atoms with van der Waals surface area (Å²) in [5.74, 6) is -0.646. The Labute approximate surface area is 226 Å². The molecule has 2 N–H and O–H groups in total. The Morgan fingerprint density at radius 1 is 1.08 bits per heavy atom. The number of para-hydroxylation sites is 1. The van der Waals surface area contributed by atoms with E-state index >= 15 is 0 Å². The second-order valence-corrected chi connectivity index (χ2v) is 11.2. The fourth-order valence-electron chi connectivity index (χ4n) is 4.64. The first kappa shape index (κ1) is 26.7. The summed E-state index contributed by atoms with van der Waals surface area (Å²) < 4.78 is 8.18. The fraction of sp³-hybridized carbons (Fsp3) is 0.333. The summed E-state index contributed by atoms with van der Waals surface area (Å²) in [5, 5.41) is 4.14. The van der Waals surface area contributed by atoms with Crippen LogP contribution >= 0.6 is 15.9 Å². The van der Waals surface area contributed by atoms with Crippen molar-refractivity contribution in [2.24, 2.45) is 0 Å². The molecular weight excluding hydrogens is 530 g/mol. The van der Waals surface area contributed by atoms with Gasteiger partial charge >= 0.3 is 5.97 Å². The number of rotatable bonds is 8. The lowest BCUT2D eigenvalue weighted by atomic mass is 9.99. The Hall–Kier alpha value is -3.32. The first-order valence-electron chi connectivity index (χ1n) is 12.6. The SMILES string of the molecule is CCCCn1c(C(=O)NC(C)(C)C)cc(C(=O)OC)c1Cc1c(-c2ccc(Br)cc2)[nH]c2ccccc12. The van der Waals surface area contributed by atoms with Crippen LogP contribution in [0.25, 0.3) is 22.2 Å². The maximum Gasteiger partial charge on any atom is 0.339 e. The molecule has 4 rings (SSSR count). The van der Waals surface area contributed by atoms with Crippen molar-refractivity contribution >= 4 is 38.7 Å². The molecule has 0 radical (unpaired) electrons. The number of amides is 1. The average molecular weight is 565 g/mol. The first-order chi connectivity index (χ1) is 17.6. The molecule has 0 bridgehead atoms. The van der Waals surface area contributed by atoms with E-state index in [-0.39, 0.29) is 5.91 Å². The van der Waals surface area contributed by atoms with Gasteiger partial charge in [0.05, 0.1) is 18.4 Å². The Balaban J connectivity index is 1.92. The monoisotopic (exact) mass is 563 g/mol. The molecule has 0 fully saturated rings. The van der Waals surface area contributed by atoms with Crippen molar-refractivity contribution in [2.45, 2.75) is 59.0 Å². The second-order valence-electron chi connectivity index (χ2n) is 10.3. The Morgan fingerprint density at radius 3 is 2.43 bits per heavy atom. The van der Waals surface area contributed by atoms with E-state index in [9.17, 15) is 9.59 Å². The smallest absolute Gasteiger partial charge is 0.339 e. The Bertz CT molecular complexity index is 1430. The van der Waals surface area contributed by atoms with Crippen molar-refractivity contribution in [1.82, 2.24) is 14.9 Å². The molecule has 0 aliphatic heterocycles. The van der Waals surface area contributed by atoms with Crippen LogP contribution in [0.5, 0.6) is 0 Å². The van der Waals surface area contributed by atoms with E-state index in [0.29, 0.717) is 24.2 Å². The number of hydrogen-bond donors (Lipinski definition) is 2. The highest BCUT2D eigenvalue weighted by molar-refractivity contribution is 9.10. The van der Waals surface area contributed by atoms with Crippen LogP contribution in [0, 0.1) is 0 Å². The summed E-state index contributed by atoms with van der Waals surface area (Å²) in [4.78, 5) is 29.9. The van der Waals surface area contributed by atoms with Gasteiger partial charge in [0.1, 0.15) is 5.69 Å². The molecule has 194 valence electrons. The maximum atomic E-state index is 13.4. The number of unbranched alkanes of at least 4 members (excludes halogenated alkanes) is 1. The van der Waals surface area contributed by atoms with Crippen LogP contribution in [0.3, 0.4) is 0 Å². The zero-order valence-electron chi connectivity index (χ0n) is 22.1. The standard InChI is InChI=1S/C30H34BrN3O3/c1-6-7-16-34-25(23(29(36)37-5)18-26(34)28(35)33-30(2,3)4)17-22-21-10-8-9-11-24(21)32-27(22)19-12-14-20(31)15-13-19/h8-15,18,32H,6-7,16-17H2,1-5H3,(H,33,35). The number of carbonyl (C=O) groups excluding carboxylic acids is 2. The van der Waals surface area contributed by atoms with Crippen LogP contribution in [0.15, 0.2) is 59.1 Å². The van der Waals surface area contributed by atoms with Crippen LogP contribution in [0.2, 0.25) is 0 Å². The lowest BCUT2D eigenvalue weighted by Gasteiger charge is -2.21. The lowest BCUT2D eigenvalue weighted by molar-refractivity contribution is 0.0599. The van der Waals surface area contributed by atoms with E-state index < -0.39 is 11.5 Å². The summed E-state index contributed by atoms with van der Waals surface area (Å²) >= 11 is 3.53. The van der Waals surface area contributed by atoms with E-state index in [2.05, 4.69) is 57.4 Å². The molecule has 0 saturated heterocycles. The third-order valence-electron chi connectivity index (χ3n) is 6.36. The van der Waals surface area contributed by atoms with Gasteiger partial charge in [0, 0.05) is 39.6 Å². The molecule has 0 atom stereocenters. The third kappa shape index (κ3) is 5.82. The van der Waals surface area contributed by atoms with Crippen LogP contribution in [-0.4, -0.2) is 34.1 Å². The van der Waals surface area contributed by atoms with Gasteiger partial charge < -0.3 is 19.6 Å². The van der Waals surface area contributed by atoms with E-state index in [1.165, 1.54) is 7.11 Å². The molecule has 2 aromatic carbocycles. The van der Waals surface area contributed by atoms with Gasteiger partial charge in [0.25, 0.3) is 5.91 Å². The minimum atomic E-state index is -0.444. The van der Waals surface area contributed by atoms with Crippen molar-refractivity contribution in [3.05, 3.63) is 81.6 Å². The average Bonchev–Trinajstić information content (AvgIpc) is 3.41. The number of methoxy groups -OCH3 is 1. The number of ether oxygens (including phenoxy) is 1. The Morgan fingerprint density at radius 2 is 1.78 bits per heavy atom. The van der Waals surface area contributed by atoms with Gasteiger partial charge in [-0.25, -0.2) is 4.79 Å². The summed E-state index contributed by atoms with van der Waals surface area (Å²) in [6.07, 6.45) is 2.31. The maximum absolute atomic E-state index is 13.4. The number of nitrogens with one attached hydrogen (secondary N) is 2. The van der Waals surface area contributed by atoms with Crippen molar-refractivity contribution in [2.75, 3.05) is 7.11 Å². The highest BCUT2D eigenvalue weighted by Crippen LogP contribution is 2.34. The van der Waals surface area contributed by atoms with Gasteiger partial charge in [-0.15, -0.1) is 0 Å². The predicted molar refractivity (Wildman–Crippen MR) is 152 cm³/mol. The highest BCUT2D eigenvalue weighted by atomic mass is 79.9. The van der Waals surface area contributed by atoms with E-state index in [4.69, 9.17) is 4.74 Å². The van der Waals surface area contributed by atoms with Gasteiger partial charge in [0.2, 0.25) is 0 Å². The zero-order valence-corrected chi connectivity index (χ0v) is 23.7. The normalized spacial score (nSPS) is 11.6. The van der Waals surface area contributed by atoms with Crippen LogP contribution in [-0.2, 0) is 17.7 Å². The van der Waals surface area contributed by atoms with Gasteiger partial charge in [-0.3, -0.25) is 4.79 Å². The van der Waals surface area contributed by atoms with Gasteiger partial charge in [-0.1, -0.05) is 59.6 Å². The molecular formula is C30H34BrN3O3. The number of aromatic nitrogens is 2. The number of halogens is 1. The van der Waals surface area contributed by atoms with Crippen molar-refractivity contribution in [3.63, 3.8) is 0 Å². The number of fused-ring (bicyclic) bond motifs is 1. The van der Waals surface area contributed by atoms with E-state index in [0.717, 1.165) is 50.7 Å². The van der Waals surface area contributed by atoms with Crippen molar-refractivity contribution in [3.8, 4) is 11.3 Å². The molecule has 2 heterocycles. The number of nitrogens with zero attached hydrogens (tertiary/aromatic N) is 1. The number of carbonyl (C=O) groups is 2. The molecule has 0 unspecified atom stereocenters. The predicted octanol–water partition coefficient (Wildman–Crippen LogP) is 7.10. The molecule has 0 saturated carbocycles. The third-order valence-corrected chi connectivity index (χ3v) is 6.89. The molecule has 2 aromatic heterocycles. The summed E-state index contributed by atoms with van der Waals surface area (Å²) in [5.41, 5.74) is 5.40. The van der Waals surface area contributed by atoms with Gasteiger partial charge in [-0.2, -0.15) is 0 Å². The minimum absolute atomic E-state index is 0.202. The van der Waals surface area contributed by atoms with Gasteiger partial charge in [-0.05, 0) is 62.6 Å². The van der Waals surface area contributed by atoms with Crippen LogP contribution < -0.4 is 5.32 Å². The summed E-state index contributed by atoms with van der Waals surface area (Å²) in [6.45, 7) is 8.59. The molecule has 7 heteroatoms. The first-order valence-corrected chi connectivity index (χ1v) is 13.4. The number of aromatic amines is 1. The number of H-pyrrole nitrogens is 1. The lowest BCUT2D eigenvalue weighted by Crippen LogP contribution is -2.41. The molecule has 1 amide bonds. The topological polar surface area (TPSA) is 76.1 Å². The van der Waals surface area contributed by atoms with Crippen molar-refractivity contribution < 1.29 is 14.3 Å². The van der Waals surface area contributed by atoms with E-state index in [1.54, 1.807) is 6.07 Å². The molecule has 0 aliphatic carbocycles. The Kier molecular flexibility index (Phi) is 7.93. The molecule has 6 nitrogen and oxygen atoms in total. The minimum Gasteiger partial charge on any atom is -0.465 e. The molecule has 0 spiro atoms. The van der Waals surface area contributed by atoms with E-state index in [1.807, 2.05) is 49.6 Å². The molecule has 4 aromatic rings. The molecule has 37 heavy (non-hydrogen) atoms. The quantitative estimate of drug-likeness (QED) is 0.224. The van der Waals surface area contributed by atoms with Crippen LogP contribution in [0.4, 0.5) is 0 Å². The summed E-state index contributed by atoms with van der Waals surface area (Å²) in [6, 6.07) is 18.0. The molecule has 0 aliphatic rings. The fourth-order valence-corrected chi connectivity index (χ4v) is 4.91. The van der Waals surface area contributed by atoms with Gasteiger partial charge in [0.15, 0.2) is 0 Å². The number of benzene rings is 2. The highest BCUT2D eigenvalue weighted by Gasteiger charge is 2.27. The second kappa shape index (κ2) is 11.0. The zero-order chi connectivity index (χ0) is 26.7.